The summed E-state index contributed by atoms with van der Waals surface area (Å²) in [6.45, 7) is 6.20. The minimum absolute atomic E-state index is 0.0788. The highest BCUT2D eigenvalue weighted by atomic mass is 19.1. The third kappa shape index (κ3) is 5.70. The van der Waals surface area contributed by atoms with E-state index in [1.54, 1.807) is 31.5 Å². The van der Waals surface area contributed by atoms with Crippen LogP contribution in [0.5, 0.6) is 0 Å². The summed E-state index contributed by atoms with van der Waals surface area (Å²) >= 11 is 0. The molecular formula is C32H36FN5O2. The Labute approximate surface area is 235 Å². The highest BCUT2D eigenvalue weighted by molar-refractivity contribution is 5.94. The second-order valence-corrected chi connectivity index (χ2v) is 11.0. The SMILES string of the molecule is CC=CC(F)=C(C#N)C(CC)c1ccc(C(=O)N2CCc3ncnc(N4CCC(C(=O)C5CC5)CC4)c3C2)cc1. The number of halogens is 1. The number of nitriles is 1. The molecule has 1 unspecified atom stereocenters. The highest BCUT2D eigenvalue weighted by Crippen LogP contribution is 2.37. The molecule has 2 aromatic rings. The van der Waals surface area contributed by atoms with Gasteiger partial charge in [0.1, 0.15) is 23.8 Å². The molecule has 0 bridgehead atoms. The molecule has 0 spiro atoms. The van der Waals surface area contributed by atoms with Crippen molar-refractivity contribution in [2.75, 3.05) is 24.5 Å². The van der Waals surface area contributed by atoms with Crippen molar-refractivity contribution in [2.45, 2.75) is 64.8 Å². The Morgan fingerprint density at radius 3 is 2.42 bits per heavy atom. The van der Waals surface area contributed by atoms with E-state index in [1.165, 1.54) is 6.08 Å². The Bertz CT molecular complexity index is 1360. The van der Waals surface area contributed by atoms with Crippen molar-refractivity contribution in [3.05, 3.63) is 76.5 Å². The maximum Gasteiger partial charge on any atom is 0.254 e. The van der Waals surface area contributed by atoms with Crippen molar-refractivity contribution in [3.8, 4) is 6.07 Å². The Balaban J connectivity index is 1.29. The van der Waals surface area contributed by atoms with Gasteiger partial charge in [0.25, 0.3) is 5.91 Å². The van der Waals surface area contributed by atoms with Gasteiger partial charge in [-0.3, -0.25) is 9.59 Å². The van der Waals surface area contributed by atoms with E-state index in [0.29, 0.717) is 43.2 Å². The number of piperidine rings is 1. The molecule has 1 aliphatic carbocycles. The summed E-state index contributed by atoms with van der Waals surface area (Å²) < 4.78 is 14.5. The average molecular weight is 542 g/mol. The summed E-state index contributed by atoms with van der Waals surface area (Å²) in [5.74, 6) is 0.796. The standard InChI is InChI=1S/C32H36FN5O2/c1-3-5-28(33)26(18-34)25(4-2)21-6-10-24(11-7-21)32(40)38-17-14-29-27(19-38)31(36-20-35-29)37-15-12-23(13-16-37)30(39)22-8-9-22/h3,5-7,10-11,20,22-23,25H,4,8-9,12-17,19H2,1-2H3. The number of Topliss-reactive ketones (excluding diaryl/α,β-unsaturated/α-hetero) is 1. The molecule has 8 heteroatoms. The van der Waals surface area contributed by atoms with Crippen LogP contribution in [0.25, 0.3) is 0 Å². The number of hydrogen-bond acceptors (Lipinski definition) is 6. The van der Waals surface area contributed by atoms with E-state index in [0.717, 1.165) is 61.4 Å². The zero-order valence-electron chi connectivity index (χ0n) is 23.3. The number of carbonyl (C=O) groups excluding carboxylic acids is 2. The summed E-state index contributed by atoms with van der Waals surface area (Å²) in [4.78, 5) is 39.3. The second kappa shape index (κ2) is 12.1. The van der Waals surface area contributed by atoms with Gasteiger partial charge in [-0.1, -0.05) is 25.1 Å². The van der Waals surface area contributed by atoms with Crippen molar-refractivity contribution in [1.29, 1.82) is 5.26 Å². The summed E-state index contributed by atoms with van der Waals surface area (Å²) in [5, 5.41) is 9.59. The first-order valence-corrected chi connectivity index (χ1v) is 14.4. The van der Waals surface area contributed by atoms with E-state index in [2.05, 4.69) is 14.9 Å². The number of aromatic nitrogens is 2. The van der Waals surface area contributed by atoms with E-state index < -0.39 is 5.83 Å². The van der Waals surface area contributed by atoms with Crippen LogP contribution in [0, 0.1) is 23.2 Å². The summed E-state index contributed by atoms with van der Waals surface area (Å²) in [6, 6.07) is 9.20. The van der Waals surface area contributed by atoms with Gasteiger partial charge in [-0.2, -0.15) is 5.26 Å². The molecular weight excluding hydrogens is 505 g/mol. The van der Waals surface area contributed by atoms with Crippen LogP contribution in [0.15, 0.2) is 54.1 Å². The van der Waals surface area contributed by atoms with Crippen molar-refractivity contribution in [1.82, 2.24) is 14.9 Å². The van der Waals surface area contributed by atoms with E-state index in [4.69, 9.17) is 0 Å². The molecule has 3 aliphatic rings. The molecule has 0 N–H and O–H groups in total. The minimum Gasteiger partial charge on any atom is -0.356 e. The van der Waals surface area contributed by atoms with E-state index in [1.807, 2.05) is 30.0 Å². The fourth-order valence-electron chi connectivity index (χ4n) is 6.03. The topological polar surface area (TPSA) is 90.2 Å². The van der Waals surface area contributed by atoms with E-state index in [9.17, 15) is 19.2 Å². The van der Waals surface area contributed by atoms with E-state index in [-0.39, 0.29) is 23.3 Å². The van der Waals surface area contributed by atoms with Crippen molar-refractivity contribution >= 4 is 17.5 Å². The van der Waals surface area contributed by atoms with Gasteiger partial charge in [-0.25, -0.2) is 14.4 Å². The first-order valence-electron chi connectivity index (χ1n) is 14.4. The lowest BCUT2D eigenvalue weighted by atomic mass is 9.88. The predicted octanol–water partition coefficient (Wildman–Crippen LogP) is 5.69. The Hall–Kier alpha value is -3.86. The molecule has 5 rings (SSSR count). The summed E-state index contributed by atoms with van der Waals surface area (Å²) in [6.07, 6.45) is 9.52. The third-order valence-corrected chi connectivity index (χ3v) is 8.45. The predicted molar refractivity (Wildman–Crippen MR) is 151 cm³/mol. The third-order valence-electron chi connectivity index (χ3n) is 8.45. The quantitative estimate of drug-likeness (QED) is 0.315. The van der Waals surface area contributed by atoms with Crippen molar-refractivity contribution < 1.29 is 14.0 Å². The van der Waals surface area contributed by atoms with Gasteiger partial charge >= 0.3 is 0 Å². The molecule has 40 heavy (non-hydrogen) atoms. The van der Waals surface area contributed by atoms with Crippen LogP contribution in [0.2, 0.25) is 0 Å². The summed E-state index contributed by atoms with van der Waals surface area (Å²) in [5.41, 5.74) is 3.42. The van der Waals surface area contributed by atoms with Crippen LogP contribution in [-0.4, -0.2) is 46.2 Å². The van der Waals surface area contributed by atoms with Gasteiger partial charge in [0, 0.05) is 54.9 Å². The maximum atomic E-state index is 14.5. The molecule has 3 heterocycles. The fourth-order valence-corrected chi connectivity index (χ4v) is 6.03. The second-order valence-electron chi connectivity index (χ2n) is 11.0. The Kier molecular flexibility index (Phi) is 8.39. The molecule has 1 atom stereocenters. The number of carbonyl (C=O) groups is 2. The number of rotatable bonds is 8. The van der Waals surface area contributed by atoms with Crippen LogP contribution < -0.4 is 4.90 Å². The molecule has 1 amide bonds. The largest absolute Gasteiger partial charge is 0.356 e. The molecule has 208 valence electrons. The number of anilines is 1. The van der Waals surface area contributed by atoms with Crippen LogP contribution >= 0.6 is 0 Å². The number of benzene rings is 1. The van der Waals surface area contributed by atoms with Crippen molar-refractivity contribution in [3.63, 3.8) is 0 Å². The van der Waals surface area contributed by atoms with Gasteiger partial charge < -0.3 is 9.80 Å². The summed E-state index contributed by atoms with van der Waals surface area (Å²) in [7, 11) is 0. The Morgan fingerprint density at radius 1 is 1.10 bits per heavy atom. The van der Waals surface area contributed by atoms with Crippen molar-refractivity contribution in [2.24, 2.45) is 11.8 Å². The molecule has 1 aromatic heterocycles. The molecule has 1 saturated heterocycles. The maximum absolute atomic E-state index is 14.5. The zero-order chi connectivity index (χ0) is 28.2. The minimum atomic E-state index is -0.527. The average Bonchev–Trinajstić information content (AvgIpc) is 3.85. The smallest absolute Gasteiger partial charge is 0.254 e. The number of fused-ring (bicyclic) bond motifs is 1. The van der Waals surface area contributed by atoms with Gasteiger partial charge in [0.2, 0.25) is 0 Å². The highest BCUT2D eigenvalue weighted by Gasteiger charge is 2.37. The first kappa shape index (κ1) is 27.7. The van der Waals surface area contributed by atoms with Crippen LogP contribution in [-0.2, 0) is 17.8 Å². The van der Waals surface area contributed by atoms with Crippen LogP contribution in [0.4, 0.5) is 10.2 Å². The molecule has 7 nitrogen and oxygen atoms in total. The lowest BCUT2D eigenvalue weighted by Gasteiger charge is -2.36. The molecule has 2 aliphatic heterocycles. The van der Waals surface area contributed by atoms with Gasteiger partial charge in [-0.15, -0.1) is 0 Å². The number of ketones is 1. The molecule has 0 radical (unpaired) electrons. The molecule has 2 fully saturated rings. The monoisotopic (exact) mass is 541 g/mol. The zero-order valence-corrected chi connectivity index (χ0v) is 23.3. The normalized spacial score (nSPS) is 19.1. The lowest BCUT2D eigenvalue weighted by molar-refractivity contribution is -0.124. The number of hydrogen-bond donors (Lipinski definition) is 0. The molecule has 1 saturated carbocycles. The van der Waals surface area contributed by atoms with Gasteiger partial charge in [0.15, 0.2) is 0 Å². The number of nitrogens with zero attached hydrogens (tertiary/aromatic N) is 5. The Morgan fingerprint density at radius 2 is 1.80 bits per heavy atom. The van der Waals surface area contributed by atoms with Gasteiger partial charge in [0.05, 0.1) is 23.9 Å². The van der Waals surface area contributed by atoms with Gasteiger partial charge in [-0.05, 0) is 62.8 Å². The van der Waals surface area contributed by atoms with E-state index >= 15 is 0 Å². The number of allylic oxidation sites excluding steroid dienone is 4. The fraction of sp³-hybridized carbons (Fsp3) is 0.469. The first-order chi connectivity index (χ1) is 19.4. The molecule has 1 aromatic carbocycles. The lowest BCUT2D eigenvalue weighted by Crippen LogP contribution is -2.41. The number of amides is 1. The van der Waals surface area contributed by atoms with Crippen LogP contribution in [0.1, 0.15) is 79.0 Å². The van der Waals surface area contributed by atoms with Crippen LogP contribution in [0.3, 0.4) is 0 Å².